The minimum Gasteiger partial charge on any atom is -0.508 e. The van der Waals surface area contributed by atoms with Crippen LogP contribution < -0.4 is 16.0 Å². The van der Waals surface area contributed by atoms with Crippen LogP contribution in [0.4, 0.5) is 0 Å². The molecule has 0 spiro atoms. The summed E-state index contributed by atoms with van der Waals surface area (Å²) in [6.45, 7) is 35.7. The minimum atomic E-state index is -0.832. The number of phenols is 2. The van der Waals surface area contributed by atoms with Crippen molar-refractivity contribution in [2.24, 2.45) is 70.0 Å². The monoisotopic (exact) mass is 1440 g/mol. The number of likely N-dealkylation sites (tertiary alicyclic amines) is 2. The van der Waals surface area contributed by atoms with E-state index < -0.39 is 48.3 Å². The summed E-state index contributed by atoms with van der Waals surface area (Å²) in [7, 11) is 0. The van der Waals surface area contributed by atoms with Crippen LogP contribution in [0.15, 0.2) is 97.1 Å². The van der Waals surface area contributed by atoms with E-state index in [1.807, 2.05) is 18.2 Å². The number of nitrogens with zero attached hydrogens (tertiary/aromatic N) is 5. The zero-order valence-electron chi connectivity index (χ0n) is 64.1. The summed E-state index contributed by atoms with van der Waals surface area (Å²) in [6, 6.07) is 30.6. The van der Waals surface area contributed by atoms with Gasteiger partial charge in [-0.15, -0.1) is 0 Å². The van der Waals surface area contributed by atoms with Crippen molar-refractivity contribution in [2.75, 3.05) is 52.5 Å². The summed E-state index contributed by atoms with van der Waals surface area (Å²) < 4.78 is 0. The fraction of sp³-hybridized carbons (Fsp3) is 0.682. The minimum absolute atomic E-state index is 0. The molecule has 4 heterocycles. The molecular weight excluding hydrogens is 1310 g/mol. The van der Waals surface area contributed by atoms with Gasteiger partial charge in [0.05, 0.1) is 44.1 Å². The van der Waals surface area contributed by atoms with Crippen molar-refractivity contribution in [1.82, 2.24) is 40.8 Å². The third-order valence-corrected chi connectivity index (χ3v) is 25.6. The molecule has 4 aromatic rings. The molecule has 2 amide bonds. The van der Waals surface area contributed by atoms with Crippen molar-refractivity contribution < 1.29 is 54.7 Å². The second-order valence-corrected chi connectivity index (χ2v) is 34.3. The van der Waals surface area contributed by atoms with E-state index in [-0.39, 0.29) is 50.3 Å². The number of carbonyl (C=O) groups excluding carboxylic acids is 3. The molecule has 4 bridgehead atoms. The molecule has 0 unspecified atom stereocenters. The molecule has 6 aliphatic carbocycles. The number of carbonyl (C=O) groups is 3. The van der Waals surface area contributed by atoms with E-state index >= 15 is 0 Å². The molecule has 18 atom stereocenters. The Labute approximate surface area is 623 Å². The van der Waals surface area contributed by atoms with Gasteiger partial charge < -0.3 is 56.4 Å². The van der Waals surface area contributed by atoms with Gasteiger partial charge in [0.1, 0.15) is 35.8 Å². The van der Waals surface area contributed by atoms with Crippen molar-refractivity contribution in [3.63, 3.8) is 0 Å². The number of hydrogen-bond donors (Lipinski definition) is 9. The highest BCUT2D eigenvalue weighted by Crippen LogP contribution is 2.62. The first-order valence-electron chi connectivity index (χ1n) is 39.3. The Morgan fingerprint density at radius 1 is 0.587 bits per heavy atom. The number of aliphatic hydroxyl groups is 4. The fourth-order valence-corrected chi connectivity index (χ4v) is 19.5. The van der Waals surface area contributed by atoms with Crippen LogP contribution in [0, 0.1) is 70.0 Å². The number of hydrogen-bond acceptors (Lipinski definition) is 17. The Morgan fingerprint density at radius 2 is 1.04 bits per heavy atom. The van der Waals surface area contributed by atoms with Gasteiger partial charge in [0.15, 0.2) is 6.29 Å². The van der Waals surface area contributed by atoms with E-state index in [2.05, 4.69) is 148 Å². The van der Waals surface area contributed by atoms with Crippen LogP contribution in [-0.2, 0) is 52.0 Å². The molecule has 578 valence electrons. The first-order valence-corrected chi connectivity index (χ1v) is 39.3. The SMILES string of the molecule is C.CC(C)C[C@@H](CN1CCCC1)N(Cc1cccc(CN2O[C@@H](CO)[C@@H]([C@H](C)O)[C@H]2C(=O)N[C@H]2C[C@H]3C[C@@H]([C@@H]2C)C3(C)C)c1)Cc1ccccc1O.CC(C)C[C@@H](CN1CCCC1)NCc1cccc(CN2O[C@@H](CO)[C@@H]([C@H](C)O)[C@H]2C(=O)N[C@H]2C[C@H]3C[C@@H]([C@@H]2C)C3(C)C)c1.O=Cc1ccccc1O. The molecule has 10 fully saturated rings. The van der Waals surface area contributed by atoms with Gasteiger partial charge in [-0.25, -0.2) is 0 Å². The molecule has 10 aliphatic rings. The lowest BCUT2D eigenvalue weighted by Crippen LogP contribution is -2.62. The smallest absolute Gasteiger partial charge is 0.240 e. The number of aromatic hydroxyl groups is 2. The van der Waals surface area contributed by atoms with E-state index in [1.54, 1.807) is 48.2 Å². The number of phenolic OH excluding ortho intramolecular Hbond substituents is 2. The van der Waals surface area contributed by atoms with Gasteiger partial charge in [0, 0.05) is 74.3 Å². The molecule has 0 aromatic heterocycles. The number of aldehydes is 1. The largest absolute Gasteiger partial charge is 0.508 e. The van der Waals surface area contributed by atoms with Crippen LogP contribution in [0.3, 0.4) is 0 Å². The van der Waals surface area contributed by atoms with Gasteiger partial charge in [-0.2, -0.15) is 10.1 Å². The van der Waals surface area contributed by atoms with Crippen LogP contribution >= 0.6 is 0 Å². The molecule has 9 N–H and O–H groups in total. The number of rotatable bonds is 29. The molecule has 104 heavy (non-hydrogen) atoms. The number of nitrogens with one attached hydrogen (secondary N) is 3. The zero-order valence-corrected chi connectivity index (χ0v) is 64.1. The second-order valence-electron chi connectivity index (χ2n) is 34.3. The number of hydroxylamine groups is 4. The van der Waals surface area contributed by atoms with Gasteiger partial charge in [-0.1, -0.05) is 156 Å². The average Bonchev–Trinajstić information content (AvgIpc) is 1.23. The van der Waals surface area contributed by atoms with Crippen molar-refractivity contribution >= 4 is 18.1 Å². The van der Waals surface area contributed by atoms with Gasteiger partial charge in [-0.3, -0.25) is 29.0 Å². The predicted molar refractivity (Wildman–Crippen MR) is 410 cm³/mol. The number of amides is 2. The quantitative estimate of drug-likeness (QED) is 0.0230. The summed E-state index contributed by atoms with van der Waals surface area (Å²) in [6.07, 6.45) is 9.48. The highest BCUT2D eigenvalue weighted by Gasteiger charge is 2.59. The van der Waals surface area contributed by atoms with Crippen LogP contribution in [-0.4, -0.2) is 187 Å². The van der Waals surface area contributed by atoms with E-state index in [0.717, 1.165) is 80.7 Å². The Hall–Kier alpha value is -5.39. The molecule has 4 saturated heterocycles. The molecule has 19 nitrogen and oxygen atoms in total. The third-order valence-electron chi connectivity index (χ3n) is 25.6. The molecule has 14 rings (SSSR count). The summed E-state index contributed by atoms with van der Waals surface area (Å²) in [5.74, 6) is 3.48. The second kappa shape index (κ2) is 37.1. The van der Waals surface area contributed by atoms with Crippen LogP contribution in [0.25, 0.3) is 0 Å². The van der Waals surface area contributed by atoms with Gasteiger partial charge in [0.25, 0.3) is 0 Å². The molecule has 19 heteroatoms. The van der Waals surface area contributed by atoms with Crippen LogP contribution in [0.2, 0.25) is 0 Å². The maximum atomic E-state index is 14.2. The van der Waals surface area contributed by atoms with E-state index in [9.17, 15) is 39.9 Å². The average molecular weight is 1440 g/mol. The van der Waals surface area contributed by atoms with Crippen molar-refractivity contribution in [3.8, 4) is 11.5 Å². The first-order chi connectivity index (χ1) is 49.2. The first kappa shape index (κ1) is 82.7. The Kier molecular flexibility index (Phi) is 29.5. The summed E-state index contributed by atoms with van der Waals surface area (Å²) in [5, 5.41) is 75.8. The molecule has 6 saturated carbocycles. The molecule has 0 radical (unpaired) electrons. The standard InChI is InChI=1S/C42H64N4O5.C35H58N4O4.C7H6O2.CH4/c1-27(2)18-34(25-44-16-9-10-17-44)45(24-32-14-7-8-15-37(32)49)22-30-12-11-13-31(19-30)23-46-40(39(29(4)48)38(26-47)51-46)41(50)43-36-21-33-20-35(28(36)3)42(33,5)6;1-22(2)14-28(20-38-12-7-8-13-38)36-18-25-10-9-11-26(15-25)19-39-33(32(24(4)41)31(21-40)43-39)34(42)37-30-17-27-16-29(23(30)3)35(27,5)6;8-5-6-3-1-2-4-7(6)9;/h7-8,11-15,19,27-29,33-36,38-40,47-49H,9-10,16-18,20-26H2,1-6H3,(H,43,50);9-11,15,22-24,27-33,36,40-41H,7-8,12-14,16-21H2,1-6H3,(H,37,42);1-5,9H;1H4/t28-,29-,33+,34-,35-,36-,38-,39+,40-;23-,24-,27+,28-,29-,30-,31-,32+,33-;;/m00../s1. The summed E-state index contributed by atoms with van der Waals surface area (Å²) in [5.41, 5.74) is 6.33. The lowest BCUT2D eigenvalue weighted by atomic mass is 9.45. The Morgan fingerprint density at radius 3 is 1.47 bits per heavy atom. The lowest BCUT2D eigenvalue weighted by Gasteiger charge is -2.62. The number of fused-ring (bicyclic) bond motifs is 4. The van der Waals surface area contributed by atoms with Crippen LogP contribution in [0.1, 0.15) is 193 Å². The Bertz CT molecular complexity index is 3360. The van der Waals surface area contributed by atoms with E-state index in [0.29, 0.717) is 114 Å². The van der Waals surface area contributed by atoms with Crippen LogP contribution in [0.5, 0.6) is 11.5 Å². The fourth-order valence-electron chi connectivity index (χ4n) is 19.5. The maximum Gasteiger partial charge on any atom is 0.240 e. The summed E-state index contributed by atoms with van der Waals surface area (Å²) >= 11 is 0. The summed E-state index contributed by atoms with van der Waals surface area (Å²) in [4.78, 5) is 58.4. The molecule has 4 aromatic carbocycles. The van der Waals surface area contributed by atoms with E-state index in [4.69, 9.17) is 14.8 Å². The number of aliphatic hydroxyl groups excluding tert-OH is 4. The zero-order chi connectivity index (χ0) is 74.0. The van der Waals surface area contributed by atoms with Crippen molar-refractivity contribution in [1.29, 1.82) is 0 Å². The van der Waals surface area contributed by atoms with E-state index in [1.165, 1.54) is 63.2 Å². The highest BCUT2D eigenvalue weighted by atomic mass is 16.7. The number of benzene rings is 4. The van der Waals surface area contributed by atoms with Gasteiger partial charge in [0.2, 0.25) is 11.8 Å². The topological polar surface area (TPSA) is 243 Å². The third kappa shape index (κ3) is 20.1. The maximum absolute atomic E-state index is 14.2. The van der Waals surface area contributed by atoms with Crippen molar-refractivity contribution in [3.05, 3.63) is 130 Å². The van der Waals surface area contributed by atoms with Crippen molar-refractivity contribution in [2.45, 2.75) is 248 Å². The number of para-hydroxylation sites is 2. The molecular formula is C85H132N8O11. The molecule has 4 aliphatic heterocycles. The Balaban J connectivity index is 0.000000215. The van der Waals surface area contributed by atoms with Gasteiger partial charge >= 0.3 is 0 Å². The lowest BCUT2D eigenvalue weighted by molar-refractivity contribution is -0.183. The highest BCUT2D eigenvalue weighted by molar-refractivity contribution is 5.83. The normalized spacial score (nSPS) is 29.7. The predicted octanol–water partition coefficient (Wildman–Crippen LogP) is 11.4. The van der Waals surface area contributed by atoms with Gasteiger partial charge in [-0.05, 0) is 203 Å².